The van der Waals surface area contributed by atoms with E-state index in [1.165, 1.54) is 22.3 Å². The first-order valence-corrected chi connectivity index (χ1v) is 15.4. The number of aryl methyl sites for hydroxylation is 4. The molecule has 0 aliphatic carbocycles. The smallest absolute Gasteiger partial charge is 0.150 e. The van der Waals surface area contributed by atoms with Gasteiger partial charge in [-0.05, 0) is 135 Å². The monoisotopic (exact) mass is 600 g/mol. The van der Waals surface area contributed by atoms with E-state index < -0.39 is 0 Å². The molecule has 0 N–H and O–H groups in total. The zero-order valence-corrected chi connectivity index (χ0v) is 26.6. The molecule has 46 heavy (non-hydrogen) atoms. The van der Waals surface area contributed by atoms with Gasteiger partial charge in [-0.2, -0.15) is 0 Å². The Balaban J connectivity index is 1.34. The van der Waals surface area contributed by atoms with E-state index in [0.717, 1.165) is 57.8 Å². The molecule has 6 rings (SSSR count). The minimum absolute atomic E-state index is 0.650. The van der Waals surface area contributed by atoms with E-state index in [1.807, 2.05) is 48.5 Å². The molecule has 0 spiro atoms. The Kier molecular flexibility index (Phi) is 8.62. The van der Waals surface area contributed by atoms with Crippen LogP contribution >= 0.6 is 0 Å². The lowest BCUT2D eigenvalue weighted by Gasteiger charge is -2.28. The maximum atomic E-state index is 11.3. The predicted octanol–water partition coefficient (Wildman–Crippen LogP) is 11.2. The molecule has 4 heteroatoms. The summed E-state index contributed by atoms with van der Waals surface area (Å²) in [4.78, 5) is 27.1. The molecule has 0 radical (unpaired) electrons. The maximum absolute atomic E-state index is 11.3. The van der Waals surface area contributed by atoms with Gasteiger partial charge in [-0.3, -0.25) is 9.59 Å². The fourth-order valence-corrected chi connectivity index (χ4v) is 5.98. The van der Waals surface area contributed by atoms with Crippen molar-refractivity contribution in [1.29, 1.82) is 0 Å². The Morgan fingerprint density at radius 2 is 0.696 bits per heavy atom. The van der Waals surface area contributed by atoms with E-state index in [4.69, 9.17) is 0 Å². The highest BCUT2D eigenvalue weighted by Crippen LogP contribution is 2.40. The van der Waals surface area contributed by atoms with Crippen molar-refractivity contribution in [3.8, 4) is 11.1 Å². The van der Waals surface area contributed by atoms with Gasteiger partial charge in [-0.25, -0.2) is 0 Å². The molecular formula is C42H36N2O2. The van der Waals surface area contributed by atoms with Crippen molar-refractivity contribution in [1.82, 2.24) is 0 Å². The molecule has 226 valence electrons. The highest BCUT2D eigenvalue weighted by atomic mass is 16.1. The van der Waals surface area contributed by atoms with Crippen molar-refractivity contribution in [3.63, 3.8) is 0 Å². The number of anilines is 6. The minimum atomic E-state index is 0.650. The van der Waals surface area contributed by atoms with Crippen LogP contribution in [0.2, 0.25) is 0 Å². The van der Waals surface area contributed by atoms with Gasteiger partial charge in [0.25, 0.3) is 0 Å². The summed E-state index contributed by atoms with van der Waals surface area (Å²) in [5.41, 5.74) is 14.5. The molecule has 0 aliphatic heterocycles. The molecule has 0 saturated heterocycles. The van der Waals surface area contributed by atoms with Gasteiger partial charge in [0.05, 0.1) is 0 Å². The van der Waals surface area contributed by atoms with Gasteiger partial charge < -0.3 is 9.80 Å². The second kappa shape index (κ2) is 13.1. The molecule has 0 aliphatic rings. The predicted molar refractivity (Wildman–Crippen MR) is 191 cm³/mol. The molecule has 6 aromatic rings. The van der Waals surface area contributed by atoms with E-state index in [1.54, 1.807) is 0 Å². The Morgan fingerprint density at radius 1 is 0.391 bits per heavy atom. The van der Waals surface area contributed by atoms with Crippen molar-refractivity contribution in [2.75, 3.05) is 9.80 Å². The first-order valence-electron chi connectivity index (χ1n) is 15.4. The van der Waals surface area contributed by atoms with Gasteiger partial charge in [0.2, 0.25) is 0 Å². The Morgan fingerprint density at radius 3 is 0.978 bits per heavy atom. The van der Waals surface area contributed by atoms with Crippen molar-refractivity contribution in [2.45, 2.75) is 27.7 Å². The Hall–Kier alpha value is -5.74. The van der Waals surface area contributed by atoms with E-state index in [2.05, 4.69) is 122 Å². The lowest BCUT2D eigenvalue weighted by Crippen LogP contribution is -2.11. The van der Waals surface area contributed by atoms with Crippen LogP contribution in [0.1, 0.15) is 43.0 Å². The van der Waals surface area contributed by atoms with Crippen LogP contribution in [-0.2, 0) is 0 Å². The number of carbonyl (C=O) groups is 2. The lowest BCUT2D eigenvalue weighted by molar-refractivity contribution is 0.111. The summed E-state index contributed by atoms with van der Waals surface area (Å²) in [6.07, 6.45) is 1.74. The summed E-state index contributed by atoms with van der Waals surface area (Å²) in [5, 5.41) is 0. The van der Waals surface area contributed by atoms with Gasteiger partial charge in [0.15, 0.2) is 0 Å². The summed E-state index contributed by atoms with van der Waals surface area (Å²) in [6, 6.07) is 45.5. The third kappa shape index (κ3) is 6.24. The Bertz CT molecular complexity index is 1840. The number of carbonyl (C=O) groups excluding carboxylic acids is 2. The third-order valence-corrected chi connectivity index (χ3v) is 8.35. The SMILES string of the molecule is Cc1ccc(N(c2ccc(C=O)cc2)c2ccc(-c3ccc(N(c4ccc(C=O)cc4)c4ccc(C)cc4C)cc3)cc2)c(C)c1. The molecule has 0 amide bonds. The number of hydrogen-bond acceptors (Lipinski definition) is 4. The minimum Gasteiger partial charge on any atom is -0.310 e. The zero-order chi connectivity index (χ0) is 32.2. The van der Waals surface area contributed by atoms with Gasteiger partial charge in [0.1, 0.15) is 12.6 Å². The largest absolute Gasteiger partial charge is 0.310 e. The molecule has 4 nitrogen and oxygen atoms in total. The van der Waals surface area contributed by atoms with Crippen molar-refractivity contribution in [2.24, 2.45) is 0 Å². The lowest BCUT2D eigenvalue weighted by atomic mass is 10.0. The maximum Gasteiger partial charge on any atom is 0.150 e. The molecular weight excluding hydrogens is 564 g/mol. The molecule has 0 heterocycles. The molecule has 6 aromatic carbocycles. The summed E-state index contributed by atoms with van der Waals surface area (Å²) >= 11 is 0. The van der Waals surface area contributed by atoms with Crippen LogP contribution in [0.15, 0.2) is 133 Å². The number of rotatable bonds is 9. The summed E-state index contributed by atoms with van der Waals surface area (Å²) in [6.45, 7) is 8.46. The van der Waals surface area contributed by atoms with Crippen molar-refractivity contribution >= 4 is 46.7 Å². The van der Waals surface area contributed by atoms with E-state index in [9.17, 15) is 9.59 Å². The van der Waals surface area contributed by atoms with Crippen LogP contribution in [0.3, 0.4) is 0 Å². The van der Waals surface area contributed by atoms with E-state index >= 15 is 0 Å². The fourth-order valence-electron chi connectivity index (χ4n) is 5.98. The second-order valence-corrected chi connectivity index (χ2v) is 11.8. The highest BCUT2D eigenvalue weighted by Gasteiger charge is 2.17. The molecule has 0 aromatic heterocycles. The van der Waals surface area contributed by atoms with Crippen LogP contribution in [0.4, 0.5) is 34.1 Å². The summed E-state index contributed by atoms with van der Waals surface area (Å²) < 4.78 is 0. The van der Waals surface area contributed by atoms with Crippen LogP contribution in [0.25, 0.3) is 11.1 Å². The van der Waals surface area contributed by atoms with Crippen LogP contribution in [0.5, 0.6) is 0 Å². The van der Waals surface area contributed by atoms with Gasteiger partial charge in [0, 0.05) is 45.3 Å². The molecule has 0 bridgehead atoms. The topological polar surface area (TPSA) is 40.6 Å². The molecule has 0 fully saturated rings. The van der Waals surface area contributed by atoms with E-state index in [-0.39, 0.29) is 0 Å². The standard InChI is InChI=1S/C42H36N2O2/c1-29-5-23-41(31(3)25-29)43(37-15-7-33(27-45)8-16-37)39-19-11-35(12-20-39)36-13-21-40(22-14-36)44(38-17-9-34(28-46)10-18-38)42-24-6-30(2)26-32(42)4/h5-28H,1-4H3. The highest BCUT2D eigenvalue weighted by molar-refractivity contribution is 5.84. The average molecular weight is 601 g/mol. The normalized spacial score (nSPS) is 10.8. The Labute approximate surface area is 271 Å². The van der Waals surface area contributed by atoms with Crippen LogP contribution in [-0.4, -0.2) is 12.6 Å². The third-order valence-electron chi connectivity index (χ3n) is 8.35. The molecule has 0 unspecified atom stereocenters. The second-order valence-electron chi connectivity index (χ2n) is 11.8. The molecule has 0 atom stereocenters. The fraction of sp³-hybridized carbons (Fsp3) is 0.0952. The zero-order valence-electron chi connectivity index (χ0n) is 26.6. The number of nitrogens with zero attached hydrogens (tertiary/aromatic N) is 2. The summed E-state index contributed by atoms with van der Waals surface area (Å²) in [5.74, 6) is 0. The quantitative estimate of drug-likeness (QED) is 0.155. The van der Waals surface area contributed by atoms with Crippen LogP contribution < -0.4 is 9.80 Å². The molecule has 0 saturated carbocycles. The van der Waals surface area contributed by atoms with Gasteiger partial charge in [-0.1, -0.05) is 59.7 Å². The number of benzene rings is 6. The summed E-state index contributed by atoms with van der Waals surface area (Å²) in [7, 11) is 0. The number of aldehydes is 2. The van der Waals surface area contributed by atoms with Crippen molar-refractivity contribution < 1.29 is 9.59 Å². The van der Waals surface area contributed by atoms with Gasteiger partial charge >= 0.3 is 0 Å². The number of hydrogen-bond donors (Lipinski definition) is 0. The van der Waals surface area contributed by atoms with Crippen LogP contribution in [0, 0.1) is 27.7 Å². The first-order chi connectivity index (χ1) is 22.3. The average Bonchev–Trinajstić information content (AvgIpc) is 3.08. The first kappa shape index (κ1) is 30.3. The van der Waals surface area contributed by atoms with E-state index in [0.29, 0.717) is 11.1 Å². The van der Waals surface area contributed by atoms with Crippen molar-refractivity contribution in [3.05, 3.63) is 167 Å². The van der Waals surface area contributed by atoms with Gasteiger partial charge in [-0.15, -0.1) is 0 Å².